The summed E-state index contributed by atoms with van der Waals surface area (Å²) in [6.45, 7) is 9.91. The van der Waals surface area contributed by atoms with Gasteiger partial charge in [0.25, 0.3) is 23.5 Å². The molecule has 1 saturated heterocycles. The van der Waals surface area contributed by atoms with Gasteiger partial charge in [0.15, 0.2) is 23.2 Å². The molecule has 28 heteroatoms. The summed E-state index contributed by atoms with van der Waals surface area (Å²) in [4.78, 5) is 78.3. The van der Waals surface area contributed by atoms with Gasteiger partial charge in [-0.15, -0.1) is 0 Å². The lowest BCUT2D eigenvalue weighted by atomic mass is 9.90. The van der Waals surface area contributed by atoms with Crippen molar-refractivity contribution in [3.8, 4) is 63.0 Å². The number of piperidine rings is 1. The van der Waals surface area contributed by atoms with Crippen molar-refractivity contribution in [2.75, 3.05) is 80.4 Å². The molecule has 0 bridgehead atoms. The smallest absolute Gasteiger partial charge is 0.294 e. The van der Waals surface area contributed by atoms with E-state index in [1.54, 1.807) is 102 Å². The number of nitrogen functional groups attached to an aromatic ring is 1. The van der Waals surface area contributed by atoms with E-state index < -0.39 is 29.4 Å². The number of rotatable bonds is 28. The molecule has 1 fully saturated rings. The van der Waals surface area contributed by atoms with Crippen LogP contribution in [0.1, 0.15) is 117 Å². The van der Waals surface area contributed by atoms with Crippen LogP contribution in [0, 0.1) is 52.8 Å². The molecule has 1 aliphatic rings. The predicted octanol–water partition coefficient (Wildman–Crippen LogP) is 15.8. The van der Waals surface area contributed by atoms with E-state index in [1.165, 1.54) is 97.1 Å². The Balaban J connectivity index is 0.000000162. The molecule has 5 aromatic heterocycles. The van der Waals surface area contributed by atoms with Crippen molar-refractivity contribution in [1.29, 1.82) is 0 Å². The standard InChI is InChI=1S/C27H30FN3O4.C27H24FN3O.C22H26F2N4O2.C20H20FN3O3/c1-29(2)27(34)25(32)22-16-30(3)23-15-24(35-4)21(14-20(22)23)26(33)31-11-9-18(10-12-31)13-17-5-7-19(28)8-6-17;28-24-13-11-22(12-14-24)26-27(23-15-17-29-18-16-23)31(25(30-26)10-4-5-20-32)19-6-9-21-7-2-1-3-8-21;1-14(2)13-28-19-11-17(22(29)25-7-8-27(3)4)21(9-15(19)12-26-28)30-20-6-5-16(23)10-18(20)24;1-2-16(25)12-27-17-5-3-4-13(10-17)19(26)18-11-23-24(20(18)22)15-8-6-14(21)7-9-15/h5-8,14-16,18H,9-13H2,1-4H3;1-3,7-8,11-18,32H,5-6,9,19-20H2;5-6,9-12,14H,7-8,13H2,1-4H3,(H,25,29);3-11,16,25H,2,12,22H2,1H3/t;;;16-/m...0/s1. The molecule has 0 spiro atoms. The maximum atomic E-state index is 14.1. The Bertz CT molecular complexity index is 5900. The summed E-state index contributed by atoms with van der Waals surface area (Å²) in [5.74, 6) is 4.16. The van der Waals surface area contributed by atoms with Gasteiger partial charge in [-0.2, -0.15) is 10.2 Å². The first-order chi connectivity index (χ1) is 59.7. The van der Waals surface area contributed by atoms with E-state index >= 15 is 0 Å². The van der Waals surface area contributed by atoms with Gasteiger partial charge >= 0.3 is 0 Å². The molecule has 0 saturated carbocycles. The molecular weight excluding hydrogens is 1590 g/mol. The van der Waals surface area contributed by atoms with Crippen LogP contribution in [0.15, 0.2) is 213 Å². The molecule has 13 aromatic rings. The first-order valence-electron chi connectivity index (χ1n) is 40.7. The van der Waals surface area contributed by atoms with Crippen LogP contribution in [0.2, 0.25) is 0 Å². The van der Waals surface area contributed by atoms with Crippen molar-refractivity contribution >= 4 is 56.9 Å². The van der Waals surface area contributed by atoms with Gasteiger partial charge in [0.05, 0.1) is 82.6 Å². The second kappa shape index (κ2) is 43.2. The van der Waals surface area contributed by atoms with Crippen molar-refractivity contribution in [2.24, 2.45) is 18.9 Å². The number of nitrogens with two attached hydrogens (primary N) is 1. The number of hydrogen-bond donors (Lipinski definition) is 4. The van der Waals surface area contributed by atoms with Crippen molar-refractivity contribution in [2.45, 2.75) is 84.9 Å². The number of imidazole rings is 1. The number of likely N-dealkylation sites (N-methyl/N-ethyl adjacent to an activating group) is 2. The highest BCUT2D eigenvalue weighted by Crippen LogP contribution is 2.37. The summed E-state index contributed by atoms with van der Waals surface area (Å²) in [7, 11) is 10.2. The average Bonchev–Trinajstić information content (AvgIpc) is 1.83. The van der Waals surface area contributed by atoms with Gasteiger partial charge in [0.2, 0.25) is 0 Å². The van der Waals surface area contributed by atoms with Crippen LogP contribution in [-0.2, 0) is 37.8 Å². The number of ketones is 2. The molecule has 1 atom stereocenters. The molecule has 0 unspecified atom stereocenters. The highest BCUT2D eigenvalue weighted by molar-refractivity contribution is 6.45. The number of nitrogens with one attached hydrogen (secondary N) is 1. The van der Waals surface area contributed by atoms with E-state index in [0.717, 1.165) is 89.8 Å². The van der Waals surface area contributed by atoms with Crippen LogP contribution in [0.3, 0.4) is 0 Å². The Morgan fingerprint density at radius 1 is 0.702 bits per heavy atom. The third-order valence-corrected chi connectivity index (χ3v) is 20.5. The van der Waals surface area contributed by atoms with Crippen LogP contribution in [0.25, 0.3) is 50.0 Å². The summed E-state index contributed by atoms with van der Waals surface area (Å²) < 4.78 is 91.0. The number of pyridine rings is 1. The molecule has 3 amide bonds. The fraction of sp³-hybridized carbons (Fsp3) is 0.281. The van der Waals surface area contributed by atoms with Gasteiger partial charge in [0.1, 0.15) is 52.9 Å². The van der Waals surface area contributed by atoms with E-state index in [0.29, 0.717) is 102 Å². The Morgan fingerprint density at radius 3 is 2.04 bits per heavy atom. The first kappa shape index (κ1) is 91.1. The van der Waals surface area contributed by atoms with Crippen LogP contribution >= 0.6 is 0 Å². The van der Waals surface area contributed by atoms with E-state index in [-0.39, 0.29) is 82.3 Å². The largest absolute Gasteiger partial charge is 0.496 e. The number of anilines is 1. The number of carbonyl (C=O) groups is 5. The number of nitrogens with zero attached hydrogens (tertiary/aromatic N) is 11. The van der Waals surface area contributed by atoms with Crippen LogP contribution in [0.4, 0.5) is 27.8 Å². The number of halogens is 5. The number of aliphatic hydroxyl groups excluding tert-OH is 2. The number of likely N-dealkylation sites (tertiary alicyclic amines) is 1. The van der Waals surface area contributed by atoms with Crippen LogP contribution < -0.4 is 25.3 Å². The van der Waals surface area contributed by atoms with Crippen molar-refractivity contribution in [3.63, 3.8) is 0 Å². The summed E-state index contributed by atoms with van der Waals surface area (Å²) in [6, 6.07) is 49.3. The van der Waals surface area contributed by atoms with E-state index in [2.05, 4.69) is 62.9 Å². The predicted molar refractivity (Wildman–Crippen MR) is 467 cm³/mol. The summed E-state index contributed by atoms with van der Waals surface area (Å²) in [5, 5.41) is 31.4. The normalized spacial score (nSPS) is 12.1. The third-order valence-electron chi connectivity index (χ3n) is 20.5. The number of Topliss-reactive ketones (excluding diaryl/α,β-unsaturated/α-hetero) is 1. The monoisotopic (exact) mass is 1690 g/mol. The second-order valence-electron chi connectivity index (χ2n) is 30.6. The number of aliphatic hydroxyl groups is 2. The number of ether oxygens (including phenoxy) is 3. The number of aromatic nitrogens is 8. The van der Waals surface area contributed by atoms with Crippen LogP contribution in [-0.4, -0.2) is 174 Å². The minimum atomic E-state index is -0.843. The molecule has 8 aromatic carbocycles. The van der Waals surface area contributed by atoms with Crippen molar-refractivity contribution in [1.82, 2.24) is 58.7 Å². The van der Waals surface area contributed by atoms with Gasteiger partial charge in [-0.25, -0.2) is 31.6 Å². The zero-order valence-corrected chi connectivity index (χ0v) is 70.6. The highest BCUT2D eigenvalue weighted by atomic mass is 19.1. The molecule has 644 valence electrons. The van der Waals surface area contributed by atoms with E-state index in [1.807, 2.05) is 73.1 Å². The molecular formula is C96H100F5N13O10. The number of amides is 3. The molecule has 1 aliphatic heterocycles. The van der Waals surface area contributed by atoms with Gasteiger partial charge in [-0.3, -0.25) is 33.6 Å². The van der Waals surface area contributed by atoms with Gasteiger partial charge in [-0.05, 0) is 197 Å². The fourth-order valence-electron chi connectivity index (χ4n) is 13.9. The minimum Gasteiger partial charge on any atom is -0.496 e. The molecule has 14 rings (SSSR count). The second-order valence-corrected chi connectivity index (χ2v) is 30.6. The third kappa shape index (κ3) is 23.8. The SMILES string of the molecule is CC(C)Cn1ncc2cc(Oc3ccc(F)cc3F)c(C(=O)NCCN(C)C)cc21.CC[C@H](O)COc1cccc(C(=O)c2cnn(-c3ccc(F)cc3)c2N)c1.COc1cc2c(cc1C(=O)N1CCC(Cc3ccc(F)cc3)CC1)c(C(=O)C(=O)N(C)C)cn2C.OCCC#Cc1nc(-c2ccc(F)cc2)c(-c2ccncc2)n1CCCc1ccccc1. The van der Waals surface area contributed by atoms with Crippen molar-refractivity contribution in [3.05, 3.63) is 287 Å². The topological polar surface area (TPSA) is 273 Å². The Kier molecular flexibility index (Phi) is 31.8. The van der Waals surface area contributed by atoms with E-state index in [9.17, 15) is 51.0 Å². The quantitative estimate of drug-likeness (QED) is 0.0154. The fourth-order valence-corrected chi connectivity index (χ4v) is 13.9. The maximum Gasteiger partial charge on any atom is 0.294 e. The highest BCUT2D eigenvalue weighted by Gasteiger charge is 2.30. The zero-order valence-electron chi connectivity index (χ0n) is 70.6. The maximum absolute atomic E-state index is 14.1. The summed E-state index contributed by atoms with van der Waals surface area (Å²) >= 11 is 0. The molecule has 0 aliphatic carbocycles. The van der Waals surface area contributed by atoms with Gasteiger partial charge in [-0.1, -0.05) is 81.3 Å². The van der Waals surface area contributed by atoms with Gasteiger partial charge < -0.3 is 59.3 Å². The zero-order chi connectivity index (χ0) is 88.7. The summed E-state index contributed by atoms with van der Waals surface area (Å²) in [6.07, 6.45) is 13.0. The number of hydrogen-bond acceptors (Lipinski definition) is 16. The molecule has 5 N–H and O–H groups in total. The molecule has 6 heterocycles. The lowest BCUT2D eigenvalue weighted by Crippen LogP contribution is -2.39. The Hall–Kier alpha value is -13.6. The number of aryl methyl sites for hydroxylation is 2. The van der Waals surface area contributed by atoms with E-state index in [4.69, 9.17) is 30.0 Å². The summed E-state index contributed by atoms with van der Waals surface area (Å²) in [5.41, 5.74) is 15.5. The Morgan fingerprint density at radius 2 is 1.39 bits per heavy atom. The number of fused-ring (bicyclic) bond motifs is 2. The molecule has 124 heavy (non-hydrogen) atoms. The number of carbonyl (C=O) groups excluding carboxylic acids is 5. The average molecular weight is 1690 g/mol. The lowest BCUT2D eigenvalue weighted by molar-refractivity contribution is -0.124. The molecule has 0 radical (unpaired) electrons. The molecule has 23 nitrogen and oxygen atoms in total. The first-order valence-corrected chi connectivity index (χ1v) is 40.7. The van der Waals surface area contributed by atoms with Gasteiger partial charge in [0, 0.05) is 125 Å². The Labute approximate surface area is 716 Å². The minimum absolute atomic E-state index is 0.00372. The van der Waals surface area contributed by atoms with Crippen molar-refractivity contribution < 1.29 is 70.3 Å². The number of benzene rings is 8. The van der Waals surface area contributed by atoms with Crippen LogP contribution in [0.5, 0.6) is 23.0 Å². The number of methoxy groups -OCH3 is 1. The lowest BCUT2D eigenvalue weighted by Gasteiger charge is -2.32.